The molecule has 1 aromatic heterocycles. The van der Waals surface area contributed by atoms with Crippen LogP contribution in [0.1, 0.15) is 38.9 Å². The summed E-state index contributed by atoms with van der Waals surface area (Å²) in [7, 11) is 1.79. The van der Waals surface area contributed by atoms with Gasteiger partial charge >= 0.3 is 0 Å². The standard InChI is InChI=1S/C16H28N4O/c1-4-6-14-18-15(17-5-2)11-16(19-14)20-9-7-13(8-10-20)12-21-3/h11,13H,4-10,12H2,1-3H3,(H,17,18,19). The van der Waals surface area contributed by atoms with E-state index in [4.69, 9.17) is 9.72 Å². The molecule has 1 aliphatic heterocycles. The van der Waals surface area contributed by atoms with Crippen LogP contribution in [0.2, 0.25) is 0 Å². The molecule has 0 atom stereocenters. The number of hydrogen-bond acceptors (Lipinski definition) is 5. The number of ether oxygens (including phenoxy) is 1. The fraction of sp³-hybridized carbons (Fsp3) is 0.750. The van der Waals surface area contributed by atoms with Gasteiger partial charge in [-0.1, -0.05) is 6.92 Å². The van der Waals surface area contributed by atoms with Gasteiger partial charge in [-0.2, -0.15) is 0 Å². The van der Waals surface area contributed by atoms with Crippen molar-refractivity contribution in [3.8, 4) is 0 Å². The molecule has 0 bridgehead atoms. The number of nitrogens with zero attached hydrogens (tertiary/aromatic N) is 3. The van der Waals surface area contributed by atoms with Gasteiger partial charge < -0.3 is 15.0 Å². The van der Waals surface area contributed by atoms with Gasteiger partial charge in [0.05, 0.1) is 0 Å². The molecular formula is C16H28N4O. The van der Waals surface area contributed by atoms with Crippen molar-refractivity contribution in [1.82, 2.24) is 9.97 Å². The van der Waals surface area contributed by atoms with Crippen molar-refractivity contribution in [3.63, 3.8) is 0 Å². The largest absolute Gasteiger partial charge is 0.384 e. The fourth-order valence-electron chi connectivity index (χ4n) is 2.82. The molecule has 1 aliphatic rings. The smallest absolute Gasteiger partial charge is 0.134 e. The molecule has 1 fully saturated rings. The Labute approximate surface area is 128 Å². The molecule has 0 aromatic carbocycles. The minimum Gasteiger partial charge on any atom is -0.384 e. The summed E-state index contributed by atoms with van der Waals surface area (Å²) in [6.07, 6.45) is 4.37. The highest BCUT2D eigenvalue weighted by atomic mass is 16.5. The highest BCUT2D eigenvalue weighted by Crippen LogP contribution is 2.24. The second-order valence-electron chi connectivity index (χ2n) is 5.69. The van der Waals surface area contributed by atoms with Crippen LogP contribution in [0.3, 0.4) is 0 Å². The number of rotatable bonds is 7. The molecule has 0 amide bonds. The van der Waals surface area contributed by atoms with Crippen molar-refractivity contribution in [2.45, 2.75) is 39.5 Å². The molecule has 0 unspecified atom stereocenters. The van der Waals surface area contributed by atoms with Crippen molar-refractivity contribution in [2.24, 2.45) is 5.92 Å². The minimum absolute atomic E-state index is 0.691. The topological polar surface area (TPSA) is 50.3 Å². The van der Waals surface area contributed by atoms with Crippen LogP contribution >= 0.6 is 0 Å². The maximum Gasteiger partial charge on any atom is 0.134 e. The van der Waals surface area contributed by atoms with Gasteiger partial charge in [-0.3, -0.25) is 0 Å². The second-order valence-corrected chi connectivity index (χ2v) is 5.69. The van der Waals surface area contributed by atoms with Crippen LogP contribution in [0.15, 0.2) is 6.07 Å². The number of nitrogens with one attached hydrogen (secondary N) is 1. The van der Waals surface area contributed by atoms with Crippen molar-refractivity contribution in [2.75, 3.05) is 43.6 Å². The molecule has 2 rings (SSSR count). The number of anilines is 2. The third-order valence-corrected chi connectivity index (χ3v) is 3.93. The Morgan fingerprint density at radius 1 is 1.29 bits per heavy atom. The first-order valence-electron chi connectivity index (χ1n) is 8.12. The lowest BCUT2D eigenvalue weighted by Gasteiger charge is -2.32. The molecule has 5 nitrogen and oxygen atoms in total. The first-order valence-corrected chi connectivity index (χ1v) is 8.12. The average Bonchev–Trinajstić information content (AvgIpc) is 2.49. The van der Waals surface area contributed by atoms with E-state index in [1.807, 2.05) is 0 Å². The lowest BCUT2D eigenvalue weighted by molar-refractivity contribution is 0.139. The Hall–Kier alpha value is -1.36. The number of aromatic nitrogens is 2. The first kappa shape index (κ1) is 16.0. The number of hydrogen-bond donors (Lipinski definition) is 1. The maximum absolute atomic E-state index is 5.27. The van der Waals surface area contributed by atoms with E-state index in [0.717, 1.165) is 56.5 Å². The van der Waals surface area contributed by atoms with Gasteiger partial charge in [-0.05, 0) is 32.1 Å². The Morgan fingerprint density at radius 3 is 2.67 bits per heavy atom. The molecule has 1 aromatic rings. The van der Waals surface area contributed by atoms with Crippen LogP contribution in [-0.4, -0.2) is 43.3 Å². The van der Waals surface area contributed by atoms with E-state index < -0.39 is 0 Å². The Balaban J connectivity index is 2.07. The van der Waals surface area contributed by atoms with Crippen LogP contribution in [-0.2, 0) is 11.2 Å². The van der Waals surface area contributed by atoms with Gasteiger partial charge in [0.15, 0.2) is 0 Å². The lowest BCUT2D eigenvalue weighted by atomic mass is 9.98. The zero-order valence-corrected chi connectivity index (χ0v) is 13.6. The van der Waals surface area contributed by atoms with Crippen molar-refractivity contribution >= 4 is 11.6 Å². The minimum atomic E-state index is 0.691. The van der Waals surface area contributed by atoms with Gasteiger partial charge in [-0.15, -0.1) is 0 Å². The molecule has 0 saturated carbocycles. The summed E-state index contributed by atoms with van der Waals surface area (Å²) >= 11 is 0. The van der Waals surface area contributed by atoms with Crippen LogP contribution in [0.4, 0.5) is 11.6 Å². The SMILES string of the molecule is CCCc1nc(NCC)cc(N2CCC(COC)CC2)n1. The molecule has 0 aliphatic carbocycles. The Kier molecular flexibility index (Phi) is 6.23. The third-order valence-electron chi connectivity index (χ3n) is 3.93. The number of methoxy groups -OCH3 is 1. The van der Waals surface area contributed by atoms with E-state index in [-0.39, 0.29) is 0 Å². The van der Waals surface area contributed by atoms with E-state index in [9.17, 15) is 0 Å². The molecule has 0 spiro atoms. The van der Waals surface area contributed by atoms with Gasteiger partial charge in [0.1, 0.15) is 17.5 Å². The number of piperidine rings is 1. The van der Waals surface area contributed by atoms with Gasteiger partial charge in [0.2, 0.25) is 0 Å². The summed E-state index contributed by atoms with van der Waals surface area (Å²) in [5, 5.41) is 3.32. The maximum atomic E-state index is 5.27. The summed E-state index contributed by atoms with van der Waals surface area (Å²) in [6.45, 7) is 8.14. The molecule has 1 N–H and O–H groups in total. The van der Waals surface area contributed by atoms with Gasteiger partial charge in [-0.25, -0.2) is 9.97 Å². The van der Waals surface area contributed by atoms with Crippen molar-refractivity contribution in [3.05, 3.63) is 11.9 Å². The highest BCUT2D eigenvalue weighted by Gasteiger charge is 2.20. The Bertz CT molecular complexity index is 406. The van der Waals surface area contributed by atoms with Crippen LogP contribution in [0.5, 0.6) is 0 Å². The van der Waals surface area contributed by atoms with Crippen LogP contribution in [0.25, 0.3) is 0 Å². The molecular weight excluding hydrogens is 264 g/mol. The zero-order chi connectivity index (χ0) is 15.1. The molecule has 2 heterocycles. The summed E-state index contributed by atoms with van der Waals surface area (Å²) in [5.41, 5.74) is 0. The summed E-state index contributed by atoms with van der Waals surface area (Å²) in [5.74, 6) is 3.66. The van der Waals surface area contributed by atoms with E-state index in [1.54, 1.807) is 7.11 Å². The fourth-order valence-corrected chi connectivity index (χ4v) is 2.82. The number of aryl methyl sites for hydroxylation is 1. The van der Waals surface area contributed by atoms with E-state index in [0.29, 0.717) is 5.92 Å². The van der Waals surface area contributed by atoms with Gasteiger partial charge in [0, 0.05) is 45.8 Å². The summed E-state index contributed by atoms with van der Waals surface area (Å²) < 4.78 is 5.27. The van der Waals surface area contributed by atoms with Crippen LogP contribution in [0, 0.1) is 5.92 Å². The summed E-state index contributed by atoms with van der Waals surface area (Å²) in [4.78, 5) is 11.7. The summed E-state index contributed by atoms with van der Waals surface area (Å²) in [6, 6.07) is 2.08. The van der Waals surface area contributed by atoms with E-state index in [2.05, 4.69) is 35.1 Å². The highest BCUT2D eigenvalue weighted by molar-refractivity contribution is 5.49. The molecule has 0 radical (unpaired) electrons. The molecule has 5 heteroatoms. The zero-order valence-electron chi connectivity index (χ0n) is 13.6. The second kappa shape index (κ2) is 8.17. The van der Waals surface area contributed by atoms with Gasteiger partial charge in [0.25, 0.3) is 0 Å². The molecule has 118 valence electrons. The quantitative estimate of drug-likeness (QED) is 0.837. The molecule has 21 heavy (non-hydrogen) atoms. The lowest BCUT2D eigenvalue weighted by Crippen LogP contribution is -2.35. The third kappa shape index (κ3) is 4.56. The Morgan fingerprint density at radius 2 is 2.05 bits per heavy atom. The van der Waals surface area contributed by atoms with E-state index in [1.165, 1.54) is 12.8 Å². The van der Waals surface area contributed by atoms with Crippen LogP contribution < -0.4 is 10.2 Å². The van der Waals surface area contributed by atoms with E-state index >= 15 is 0 Å². The van der Waals surface area contributed by atoms with Crippen molar-refractivity contribution < 1.29 is 4.74 Å². The molecule has 1 saturated heterocycles. The average molecular weight is 292 g/mol. The first-order chi connectivity index (χ1) is 10.3. The predicted octanol–water partition coefficient (Wildman–Crippen LogP) is 2.72. The van der Waals surface area contributed by atoms with Crippen molar-refractivity contribution in [1.29, 1.82) is 0 Å². The predicted molar refractivity (Wildman–Crippen MR) is 87.0 cm³/mol. The normalized spacial score (nSPS) is 16.2. The monoisotopic (exact) mass is 292 g/mol.